The second-order valence-corrected chi connectivity index (χ2v) is 12.2. The van der Waals surface area contributed by atoms with E-state index in [0.717, 1.165) is 38.1 Å². The molecule has 0 aromatic heterocycles. The van der Waals surface area contributed by atoms with Crippen LogP contribution in [0, 0.1) is 0 Å². The van der Waals surface area contributed by atoms with Gasteiger partial charge in [-0.05, 0) is 47.7 Å². The minimum absolute atomic E-state index is 0.149. The van der Waals surface area contributed by atoms with Gasteiger partial charge in [-0.25, -0.2) is 8.42 Å². The zero-order valence-electron chi connectivity index (χ0n) is 22.6. The van der Waals surface area contributed by atoms with E-state index in [1.54, 1.807) is 12.1 Å². The van der Waals surface area contributed by atoms with E-state index in [-0.39, 0.29) is 12.5 Å². The average molecular weight is 615 g/mol. The number of sulfonamides is 1. The Hall–Kier alpha value is -3.17. The third-order valence-electron chi connectivity index (χ3n) is 6.41. The van der Waals surface area contributed by atoms with Crippen molar-refractivity contribution in [2.45, 2.75) is 45.7 Å². The standard InChI is InChI=1S/C30H36BrN3O4S/c1-4-19-32-30(36)28(20-23-11-7-6-8-12-23)33(21-24-15-17-26(31)18-16-24)29(35)22-34(39(3,37)38)27-14-10-9-13-25(27)5-2/h6-18,28H,4-5,19-22H2,1-3H3,(H,32,36)/t28-/m0/s1. The Balaban J connectivity index is 2.05. The van der Waals surface area contributed by atoms with Crippen molar-refractivity contribution in [1.29, 1.82) is 0 Å². The molecule has 0 aliphatic rings. The molecule has 1 atom stereocenters. The van der Waals surface area contributed by atoms with Crippen LogP contribution in [0.25, 0.3) is 0 Å². The minimum Gasteiger partial charge on any atom is -0.354 e. The van der Waals surface area contributed by atoms with Crippen molar-refractivity contribution < 1.29 is 18.0 Å². The lowest BCUT2D eigenvalue weighted by Gasteiger charge is -2.34. The van der Waals surface area contributed by atoms with Gasteiger partial charge in [-0.1, -0.05) is 90.4 Å². The Morgan fingerprint density at radius 3 is 2.15 bits per heavy atom. The average Bonchev–Trinajstić information content (AvgIpc) is 2.93. The summed E-state index contributed by atoms with van der Waals surface area (Å²) in [5.41, 5.74) is 3.01. The summed E-state index contributed by atoms with van der Waals surface area (Å²) in [5, 5.41) is 2.94. The van der Waals surface area contributed by atoms with Gasteiger partial charge in [0.2, 0.25) is 21.8 Å². The summed E-state index contributed by atoms with van der Waals surface area (Å²) >= 11 is 3.44. The van der Waals surface area contributed by atoms with Crippen LogP contribution in [0.1, 0.15) is 37.0 Å². The monoisotopic (exact) mass is 613 g/mol. The molecule has 0 aliphatic carbocycles. The topological polar surface area (TPSA) is 86.8 Å². The minimum atomic E-state index is -3.80. The van der Waals surface area contributed by atoms with Gasteiger partial charge in [-0.15, -0.1) is 0 Å². The maximum absolute atomic E-state index is 14.1. The molecule has 3 aromatic carbocycles. The van der Waals surface area contributed by atoms with Crippen molar-refractivity contribution in [2.24, 2.45) is 0 Å². The SMILES string of the molecule is CCCNC(=O)[C@H](Cc1ccccc1)N(Cc1ccc(Br)cc1)C(=O)CN(c1ccccc1CC)S(C)(=O)=O. The largest absolute Gasteiger partial charge is 0.354 e. The molecule has 3 aromatic rings. The molecule has 0 radical (unpaired) electrons. The maximum Gasteiger partial charge on any atom is 0.244 e. The zero-order valence-corrected chi connectivity index (χ0v) is 25.0. The first-order valence-electron chi connectivity index (χ1n) is 13.0. The molecule has 7 nitrogen and oxygen atoms in total. The highest BCUT2D eigenvalue weighted by Crippen LogP contribution is 2.25. The van der Waals surface area contributed by atoms with E-state index in [4.69, 9.17) is 0 Å². The molecule has 0 fully saturated rings. The van der Waals surface area contributed by atoms with Crippen molar-refractivity contribution in [3.05, 3.63) is 100 Å². The van der Waals surface area contributed by atoms with Crippen molar-refractivity contribution in [1.82, 2.24) is 10.2 Å². The summed E-state index contributed by atoms with van der Waals surface area (Å²) in [7, 11) is -3.80. The Kier molecular flexibility index (Phi) is 11.1. The van der Waals surface area contributed by atoms with Crippen LogP contribution < -0.4 is 9.62 Å². The summed E-state index contributed by atoms with van der Waals surface area (Å²) in [4.78, 5) is 29.1. The molecular weight excluding hydrogens is 578 g/mol. The Morgan fingerprint density at radius 1 is 0.897 bits per heavy atom. The molecular formula is C30H36BrN3O4S. The predicted octanol–water partition coefficient (Wildman–Crippen LogP) is 4.94. The lowest BCUT2D eigenvalue weighted by Crippen LogP contribution is -2.53. The van der Waals surface area contributed by atoms with E-state index in [1.807, 2.05) is 80.6 Å². The summed E-state index contributed by atoms with van der Waals surface area (Å²) in [6.07, 6.45) is 2.75. The first kappa shape index (κ1) is 30.4. The summed E-state index contributed by atoms with van der Waals surface area (Å²) in [5.74, 6) is -0.729. The fraction of sp³-hybridized carbons (Fsp3) is 0.333. The van der Waals surface area contributed by atoms with Crippen molar-refractivity contribution >= 4 is 43.5 Å². The number of carbonyl (C=O) groups excluding carboxylic acids is 2. The highest BCUT2D eigenvalue weighted by molar-refractivity contribution is 9.10. The normalized spacial score (nSPS) is 12.0. The Morgan fingerprint density at radius 2 is 1.54 bits per heavy atom. The van der Waals surface area contributed by atoms with Gasteiger partial charge in [0, 0.05) is 24.0 Å². The molecule has 0 saturated carbocycles. The van der Waals surface area contributed by atoms with Gasteiger partial charge in [0.05, 0.1) is 11.9 Å². The highest BCUT2D eigenvalue weighted by Gasteiger charge is 2.33. The number of amides is 2. The second kappa shape index (κ2) is 14.3. The Bertz CT molecular complexity index is 1350. The molecule has 208 valence electrons. The molecule has 0 bridgehead atoms. The Labute approximate surface area is 240 Å². The number of carbonyl (C=O) groups is 2. The summed E-state index contributed by atoms with van der Waals surface area (Å²) in [6.45, 7) is 4.11. The highest BCUT2D eigenvalue weighted by atomic mass is 79.9. The van der Waals surface area contributed by atoms with Crippen LogP contribution in [0.2, 0.25) is 0 Å². The summed E-state index contributed by atoms with van der Waals surface area (Å²) < 4.78 is 28.0. The number of halogens is 1. The first-order chi connectivity index (χ1) is 18.6. The van der Waals surface area contributed by atoms with E-state index >= 15 is 0 Å². The number of anilines is 1. The quantitative estimate of drug-likeness (QED) is 0.296. The third kappa shape index (κ3) is 8.66. The van der Waals surface area contributed by atoms with E-state index < -0.39 is 28.5 Å². The first-order valence-corrected chi connectivity index (χ1v) is 15.7. The van der Waals surface area contributed by atoms with Crippen LogP contribution in [0.15, 0.2) is 83.3 Å². The molecule has 3 rings (SSSR count). The molecule has 0 spiro atoms. The predicted molar refractivity (Wildman–Crippen MR) is 160 cm³/mol. The molecule has 0 heterocycles. The lowest BCUT2D eigenvalue weighted by molar-refractivity contribution is -0.140. The molecule has 0 unspecified atom stereocenters. The number of rotatable bonds is 13. The van der Waals surface area contributed by atoms with E-state index in [0.29, 0.717) is 25.1 Å². The van der Waals surface area contributed by atoms with Gasteiger partial charge >= 0.3 is 0 Å². The number of hydrogen-bond donors (Lipinski definition) is 1. The third-order valence-corrected chi connectivity index (χ3v) is 8.06. The number of hydrogen-bond acceptors (Lipinski definition) is 4. The summed E-state index contributed by atoms with van der Waals surface area (Å²) in [6, 6.07) is 23.4. The van der Waals surface area contributed by atoms with Gasteiger partial charge in [0.15, 0.2) is 0 Å². The molecule has 39 heavy (non-hydrogen) atoms. The number of para-hydroxylation sites is 1. The number of nitrogens with zero attached hydrogens (tertiary/aromatic N) is 2. The van der Waals surface area contributed by atoms with Crippen LogP contribution in [-0.2, 0) is 39.0 Å². The molecule has 1 N–H and O–H groups in total. The fourth-order valence-electron chi connectivity index (χ4n) is 4.35. The number of nitrogens with one attached hydrogen (secondary N) is 1. The van der Waals surface area contributed by atoms with Gasteiger partial charge in [-0.3, -0.25) is 13.9 Å². The number of benzene rings is 3. The van der Waals surface area contributed by atoms with E-state index in [1.165, 1.54) is 4.90 Å². The van der Waals surface area contributed by atoms with Crippen molar-refractivity contribution in [3.8, 4) is 0 Å². The van der Waals surface area contributed by atoms with E-state index in [2.05, 4.69) is 21.2 Å². The lowest BCUT2D eigenvalue weighted by atomic mass is 10.0. The van der Waals surface area contributed by atoms with Gasteiger partial charge < -0.3 is 10.2 Å². The smallest absolute Gasteiger partial charge is 0.244 e. The van der Waals surface area contributed by atoms with Crippen molar-refractivity contribution in [2.75, 3.05) is 23.7 Å². The second-order valence-electron chi connectivity index (χ2n) is 9.40. The van der Waals surface area contributed by atoms with Crippen LogP contribution in [-0.4, -0.2) is 50.5 Å². The number of aryl methyl sites for hydroxylation is 1. The molecule has 2 amide bonds. The molecule has 9 heteroatoms. The van der Waals surface area contributed by atoms with Crippen LogP contribution in [0.3, 0.4) is 0 Å². The van der Waals surface area contributed by atoms with Crippen LogP contribution in [0.4, 0.5) is 5.69 Å². The van der Waals surface area contributed by atoms with Gasteiger partial charge in [0.1, 0.15) is 12.6 Å². The van der Waals surface area contributed by atoms with Crippen LogP contribution in [0.5, 0.6) is 0 Å². The van der Waals surface area contributed by atoms with Gasteiger partial charge in [-0.2, -0.15) is 0 Å². The van der Waals surface area contributed by atoms with Crippen LogP contribution >= 0.6 is 15.9 Å². The van der Waals surface area contributed by atoms with Crippen molar-refractivity contribution in [3.63, 3.8) is 0 Å². The fourth-order valence-corrected chi connectivity index (χ4v) is 5.50. The molecule has 0 saturated heterocycles. The maximum atomic E-state index is 14.1. The van der Waals surface area contributed by atoms with Gasteiger partial charge in [0.25, 0.3) is 0 Å². The zero-order chi connectivity index (χ0) is 28.4. The molecule has 0 aliphatic heterocycles. The van der Waals surface area contributed by atoms with E-state index in [9.17, 15) is 18.0 Å².